The molecule has 1 saturated carbocycles. The van der Waals surface area contributed by atoms with Gasteiger partial charge in [0.1, 0.15) is 5.60 Å². The van der Waals surface area contributed by atoms with E-state index in [1.54, 1.807) is 0 Å². The maximum Gasteiger partial charge on any atom is 0.410 e. The number of nitrogens with zero attached hydrogens (tertiary/aromatic N) is 1. The lowest BCUT2D eigenvalue weighted by Gasteiger charge is -2.35. The highest BCUT2D eigenvalue weighted by Gasteiger charge is 2.33. The van der Waals surface area contributed by atoms with Crippen LogP contribution in [0.3, 0.4) is 0 Å². The fraction of sp³-hybridized carbons (Fsp3) is 0.944. The van der Waals surface area contributed by atoms with Crippen molar-refractivity contribution in [1.82, 2.24) is 10.2 Å². The zero-order valence-corrected chi connectivity index (χ0v) is 16.1. The maximum absolute atomic E-state index is 12.2. The Morgan fingerprint density at radius 3 is 2.61 bits per heavy atom. The Bertz CT molecular complexity index is 389. The summed E-state index contributed by atoms with van der Waals surface area (Å²) in [7, 11) is 0. The number of hydrogen-bond acceptors (Lipinski definition) is 4. The van der Waals surface area contributed by atoms with E-state index in [0.717, 1.165) is 32.6 Å². The molecule has 1 atom stereocenters. The summed E-state index contributed by atoms with van der Waals surface area (Å²) < 4.78 is 5.97. The Balaban J connectivity index is 1.74. The van der Waals surface area contributed by atoms with E-state index < -0.39 is 5.60 Å². The van der Waals surface area contributed by atoms with Gasteiger partial charge in [-0.2, -0.15) is 11.8 Å². The summed E-state index contributed by atoms with van der Waals surface area (Å²) in [6.45, 7) is 9.57. The fourth-order valence-electron chi connectivity index (χ4n) is 3.70. The van der Waals surface area contributed by atoms with Crippen LogP contribution in [0.15, 0.2) is 0 Å². The van der Waals surface area contributed by atoms with Crippen molar-refractivity contribution in [3.8, 4) is 0 Å². The highest BCUT2D eigenvalue weighted by molar-refractivity contribution is 8.00. The molecule has 1 unspecified atom stereocenters. The smallest absolute Gasteiger partial charge is 0.410 e. The second-order valence-electron chi connectivity index (χ2n) is 8.16. The van der Waals surface area contributed by atoms with Crippen molar-refractivity contribution in [3.05, 3.63) is 0 Å². The molecule has 0 aromatic carbocycles. The molecule has 5 heteroatoms. The van der Waals surface area contributed by atoms with Gasteiger partial charge in [-0.25, -0.2) is 4.79 Å². The Labute approximate surface area is 146 Å². The predicted molar refractivity (Wildman–Crippen MR) is 98.1 cm³/mol. The second kappa shape index (κ2) is 8.11. The van der Waals surface area contributed by atoms with E-state index >= 15 is 0 Å². The number of likely N-dealkylation sites (tertiary alicyclic amines) is 1. The van der Waals surface area contributed by atoms with Crippen LogP contribution in [0, 0.1) is 5.92 Å². The van der Waals surface area contributed by atoms with Gasteiger partial charge in [0.2, 0.25) is 0 Å². The third-order valence-corrected chi connectivity index (χ3v) is 6.42. The molecule has 2 aliphatic rings. The SMILES string of the molecule is CSC1(CNCC2CCCN(C(=O)OC(C)(C)C)C2)CCCC1. The van der Waals surface area contributed by atoms with E-state index in [9.17, 15) is 4.79 Å². The van der Waals surface area contributed by atoms with Crippen molar-refractivity contribution >= 4 is 17.9 Å². The number of carbonyl (C=O) groups is 1. The number of amides is 1. The molecule has 1 aliphatic heterocycles. The van der Waals surface area contributed by atoms with E-state index in [-0.39, 0.29) is 6.09 Å². The van der Waals surface area contributed by atoms with Gasteiger partial charge in [-0.15, -0.1) is 0 Å². The summed E-state index contributed by atoms with van der Waals surface area (Å²) in [5.74, 6) is 0.552. The molecule has 2 rings (SSSR count). The Hall–Kier alpha value is -0.420. The molecule has 0 aromatic rings. The number of hydrogen-bond donors (Lipinski definition) is 1. The van der Waals surface area contributed by atoms with Gasteiger partial charge >= 0.3 is 6.09 Å². The molecule has 1 aliphatic carbocycles. The van der Waals surface area contributed by atoms with Crippen LogP contribution in [0.5, 0.6) is 0 Å². The topological polar surface area (TPSA) is 41.6 Å². The number of nitrogens with one attached hydrogen (secondary N) is 1. The first kappa shape index (κ1) is 18.9. The number of ether oxygens (including phenoxy) is 1. The Kier molecular flexibility index (Phi) is 6.66. The van der Waals surface area contributed by atoms with E-state index in [0.29, 0.717) is 10.7 Å². The Morgan fingerprint density at radius 2 is 2.00 bits per heavy atom. The van der Waals surface area contributed by atoms with Gasteiger partial charge in [0.25, 0.3) is 0 Å². The van der Waals surface area contributed by atoms with E-state index in [1.807, 2.05) is 37.4 Å². The molecule has 0 spiro atoms. The van der Waals surface area contributed by atoms with Crippen molar-refractivity contribution in [1.29, 1.82) is 0 Å². The van der Waals surface area contributed by atoms with Gasteiger partial charge in [0, 0.05) is 24.4 Å². The second-order valence-corrected chi connectivity index (χ2v) is 9.43. The third kappa shape index (κ3) is 5.86. The normalized spacial score (nSPS) is 24.7. The minimum Gasteiger partial charge on any atom is -0.444 e. The van der Waals surface area contributed by atoms with Crippen LogP contribution in [0.25, 0.3) is 0 Å². The minimum atomic E-state index is -0.407. The highest BCUT2D eigenvalue weighted by Crippen LogP contribution is 2.39. The summed E-state index contributed by atoms with van der Waals surface area (Å²) in [5.41, 5.74) is -0.407. The standard InChI is InChI=1S/C18H34N2O2S/c1-17(2,3)22-16(21)20-11-7-8-15(13-20)12-19-14-18(23-4)9-5-6-10-18/h15,19H,5-14H2,1-4H3. The number of piperidine rings is 1. The van der Waals surface area contributed by atoms with Crippen molar-refractivity contribution < 1.29 is 9.53 Å². The van der Waals surface area contributed by atoms with Crippen molar-refractivity contribution in [3.63, 3.8) is 0 Å². The monoisotopic (exact) mass is 342 g/mol. The first-order chi connectivity index (χ1) is 10.8. The summed E-state index contributed by atoms with van der Waals surface area (Å²) in [6, 6.07) is 0. The maximum atomic E-state index is 12.2. The molecule has 4 nitrogen and oxygen atoms in total. The Morgan fingerprint density at radius 1 is 1.30 bits per heavy atom. The summed E-state index contributed by atoms with van der Waals surface area (Å²) >= 11 is 2.03. The average molecular weight is 343 g/mol. The minimum absolute atomic E-state index is 0.154. The van der Waals surface area contributed by atoms with E-state index in [2.05, 4.69) is 11.6 Å². The summed E-state index contributed by atoms with van der Waals surface area (Å²) in [6.07, 6.45) is 9.82. The molecular weight excluding hydrogens is 308 g/mol. The third-order valence-electron chi connectivity index (χ3n) is 5.00. The van der Waals surface area contributed by atoms with Crippen LogP contribution in [0.4, 0.5) is 4.79 Å². The van der Waals surface area contributed by atoms with Crippen LogP contribution in [0.1, 0.15) is 59.3 Å². The van der Waals surface area contributed by atoms with Gasteiger partial charge in [0.15, 0.2) is 0 Å². The molecule has 1 amide bonds. The number of carbonyl (C=O) groups excluding carboxylic acids is 1. The van der Waals surface area contributed by atoms with Crippen molar-refractivity contribution in [2.75, 3.05) is 32.4 Å². The van der Waals surface area contributed by atoms with Crippen LogP contribution >= 0.6 is 11.8 Å². The number of thioether (sulfide) groups is 1. The molecule has 1 saturated heterocycles. The van der Waals surface area contributed by atoms with Gasteiger partial charge in [-0.1, -0.05) is 12.8 Å². The molecular formula is C18H34N2O2S. The largest absolute Gasteiger partial charge is 0.444 e. The van der Waals surface area contributed by atoms with Crippen LogP contribution in [-0.2, 0) is 4.74 Å². The molecule has 1 heterocycles. The molecule has 0 bridgehead atoms. The van der Waals surface area contributed by atoms with Crippen molar-refractivity contribution in [2.24, 2.45) is 5.92 Å². The van der Waals surface area contributed by atoms with E-state index in [4.69, 9.17) is 4.74 Å². The van der Waals surface area contributed by atoms with Gasteiger partial charge in [0.05, 0.1) is 0 Å². The first-order valence-electron chi connectivity index (χ1n) is 9.07. The lowest BCUT2D eigenvalue weighted by atomic mass is 9.98. The summed E-state index contributed by atoms with van der Waals surface area (Å²) in [4.78, 5) is 14.1. The van der Waals surface area contributed by atoms with Gasteiger partial charge < -0.3 is 15.0 Å². The van der Waals surface area contributed by atoms with Gasteiger partial charge in [-0.05, 0) is 65.2 Å². The zero-order valence-electron chi connectivity index (χ0n) is 15.3. The van der Waals surface area contributed by atoms with E-state index in [1.165, 1.54) is 32.1 Å². The van der Waals surface area contributed by atoms with Crippen LogP contribution in [0.2, 0.25) is 0 Å². The molecule has 0 aromatic heterocycles. The predicted octanol–water partition coefficient (Wildman–Crippen LogP) is 3.90. The molecule has 0 radical (unpaired) electrons. The average Bonchev–Trinajstić information content (AvgIpc) is 2.95. The lowest BCUT2D eigenvalue weighted by molar-refractivity contribution is 0.0166. The van der Waals surface area contributed by atoms with Crippen LogP contribution in [-0.4, -0.2) is 53.8 Å². The zero-order chi connectivity index (χ0) is 16.9. The van der Waals surface area contributed by atoms with Crippen LogP contribution < -0.4 is 5.32 Å². The highest BCUT2D eigenvalue weighted by atomic mass is 32.2. The number of rotatable bonds is 5. The lowest BCUT2D eigenvalue weighted by Crippen LogP contribution is -2.46. The molecule has 2 fully saturated rings. The first-order valence-corrected chi connectivity index (χ1v) is 10.3. The summed E-state index contributed by atoms with van der Waals surface area (Å²) in [5, 5.41) is 3.70. The molecule has 134 valence electrons. The quantitative estimate of drug-likeness (QED) is 0.823. The van der Waals surface area contributed by atoms with Gasteiger partial charge in [-0.3, -0.25) is 0 Å². The molecule has 23 heavy (non-hydrogen) atoms. The van der Waals surface area contributed by atoms with Crippen molar-refractivity contribution in [2.45, 2.75) is 69.6 Å². The molecule has 1 N–H and O–H groups in total. The fourth-order valence-corrected chi connectivity index (χ4v) is 4.64.